The molecule has 1 amide bonds. The van der Waals surface area contributed by atoms with Gasteiger partial charge in [0.05, 0.1) is 31.0 Å². The molecule has 7 heteroatoms. The molecule has 0 spiro atoms. The molecule has 2 aliphatic rings. The van der Waals surface area contributed by atoms with E-state index in [0.717, 1.165) is 5.69 Å². The van der Waals surface area contributed by atoms with E-state index in [2.05, 4.69) is 15.2 Å². The molecule has 1 unspecified atom stereocenters. The number of nitrogens with zero attached hydrogens (tertiary/aromatic N) is 3. The van der Waals surface area contributed by atoms with Gasteiger partial charge in [-0.15, -0.1) is 0 Å². The number of hydrogen-bond acceptors (Lipinski definition) is 5. The summed E-state index contributed by atoms with van der Waals surface area (Å²) in [4.78, 5) is 18.1. The average Bonchev–Trinajstić information content (AvgIpc) is 3.15. The van der Waals surface area contributed by atoms with E-state index >= 15 is 0 Å². The first kappa shape index (κ1) is 16.7. The number of carbonyl (C=O) groups is 1. The molecule has 128 valence electrons. The molecule has 0 radical (unpaired) electrons. The zero-order valence-corrected chi connectivity index (χ0v) is 13.5. The van der Waals surface area contributed by atoms with Crippen LogP contribution in [0.25, 0.3) is 0 Å². The zero-order valence-electron chi connectivity index (χ0n) is 13.5. The molecule has 6 nitrogen and oxygen atoms in total. The first-order chi connectivity index (χ1) is 11.6. The van der Waals surface area contributed by atoms with E-state index < -0.39 is 5.67 Å². The highest BCUT2D eigenvalue weighted by Gasteiger charge is 2.36. The van der Waals surface area contributed by atoms with Crippen molar-refractivity contribution in [2.24, 2.45) is 5.92 Å². The Bertz CT molecular complexity index is 614. The number of carbonyl (C=O) groups excluding carboxylic acids is 1. The summed E-state index contributed by atoms with van der Waals surface area (Å²) in [7, 11) is 0. The van der Waals surface area contributed by atoms with Gasteiger partial charge in [-0.05, 0) is 18.6 Å². The van der Waals surface area contributed by atoms with Crippen molar-refractivity contribution in [3.8, 4) is 6.07 Å². The van der Waals surface area contributed by atoms with Crippen LogP contribution in [0.4, 0.5) is 10.1 Å². The topological polar surface area (TPSA) is 78.2 Å². The first-order valence-corrected chi connectivity index (χ1v) is 8.25. The molecule has 1 N–H and O–H groups in total. The fraction of sp³-hybridized carbons (Fsp3) is 0.588. The molecule has 24 heavy (non-hydrogen) atoms. The lowest BCUT2D eigenvalue weighted by Gasteiger charge is -2.37. The Morgan fingerprint density at radius 3 is 2.88 bits per heavy atom. The Hall–Kier alpha value is -2.20. The second-order valence-corrected chi connectivity index (χ2v) is 6.43. The quantitative estimate of drug-likeness (QED) is 0.902. The third-order valence-electron chi connectivity index (χ3n) is 4.77. The van der Waals surface area contributed by atoms with Crippen molar-refractivity contribution in [3.63, 3.8) is 0 Å². The van der Waals surface area contributed by atoms with Gasteiger partial charge in [0.1, 0.15) is 17.4 Å². The molecule has 3 rings (SSSR count). The van der Waals surface area contributed by atoms with Gasteiger partial charge in [0.15, 0.2) is 0 Å². The minimum atomic E-state index is -1.37. The summed E-state index contributed by atoms with van der Waals surface area (Å²) in [6.45, 7) is 2.22. The van der Waals surface area contributed by atoms with E-state index in [1.54, 1.807) is 12.3 Å². The third-order valence-corrected chi connectivity index (χ3v) is 4.77. The van der Waals surface area contributed by atoms with E-state index in [0.29, 0.717) is 51.3 Å². The number of rotatable bonds is 4. The van der Waals surface area contributed by atoms with Crippen LogP contribution >= 0.6 is 0 Å². The Labute approximate surface area is 140 Å². The SMILES string of the molecule is N#Cc1ccc(N2CCC(F)(CNC(=O)C3CCOC3)CC2)cn1. The number of anilines is 1. The molecule has 0 saturated carbocycles. The van der Waals surface area contributed by atoms with Gasteiger partial charge in [0.2, 0.25) is 5.91 Å². The van der Waals surface area contributed by atoms with Crippen LogP contribution < -0.4 is 10.2 Å². The maximum atomic E-state index is 14.9. The number of halogens is 1. The van der Waals surface area contributed by atoms with Crippen molar-refractivity contribution in [1.29, 1.82) is 5.26 Å². The summed E-state index contributed by atoms with van der Waals surface area (Å²) in [6, 6.07) is 5.48. The molecule has 2 fully saturated rings. The number of pyridine rings is 1. The number of ether oxygens (including phenoxy) is 1. The molecule has 2 saturated heterocycles. The fourth-order valence-electron chi connectivity index (χ4n) is 3.11. The van der Waals surface area contributed by atoms with Crippen LogP contribution in [0, 0.1) is 17.2 Å². The van der Waals surface area contributed by atoms with Crippen LogP contribution in [0.2, 0.25) is 0 Å². The number of nitriles is 1. The lowest BCUT2D eigenvalue weighted by molar-refractivity contribution is -0.125. The maximum Gasteiger partial charge on any atom is 0.225 e. The highest BCUT2D eigenvalue weighted by molar-refractivity contribution is 5.79. The lowest BCUT2D eigenvalue weighted by atomic mass is 9.92. The smallest absolute Gasteiger partial charge is 0.225 e. The van der Waals surface area contributed by atoms with Gasteiger partial charge in [0, 0.05) is 32.5 Å². The van der Waals surface area contributed by atoms with Crippen LogP contribution in [0.3, 0.4) is 0 Å². The molecular weight excluding hydrogens is 311 g/mol. The van der Waals surface area contributed by atoms with E-state index in [1.807, 2.05) is 12.1 Å². The van der Waals surface area contributed by atoms with Gasteiger partial charge in [-0.25, -0.2) is 9.37 Å². The van der Waals surface area contributed by atoms with E-state index in [4.69, 9.17) is 10.00 Å². The van der Waals surface area contributed by atoms with Crippen molar-refractivity contribution in [2.75, 3.05) is 37.7 Å². The summed E-state index contributed by atoms with van der Waals surface area (Å²) in [5, 5.41) is 11.5. The molecule has 1 atom stereocenters. The summed E-state index contributed by atoms with van der Waals surface area (Å²) in [5.74, 6) is -0.248. The van der Waals surface area contributed by atoms with Crippen molar-refractivity contribution in [3.05, 3.63) is 24.0 Å². The van der Waals surface area contributed by atoms with Gasteiger partial charge in [0.25, 0.3) is 0 Å². The summed E-state index contributed by atoms with van der Waals surface area (Å²) >= 11 is 0. The van der Waals surface area contributed by atoms with Gasteiger partial charge in [-0.1, -0.05) is 0 Å². The van der Waals surface area contributed by atoms with Crippen molar-refractivity contribution in [2.45, 2.75) is 24.9 Å². The minimum absolute atomic E-state index is 0.0573. The molecule has 0 aromatic carbocycles. The number of hydrogen-bond donors (Lipinski definition) is 1. The summed E-state index contributed by atoms with van der Waals surface area (Å²) < 4.78 is 20.1. The number of nitrogens with one attached hydrogen (secondary N) is 1. The molecule has 0 bridgehead atoms. The number of alkyl halides is 1. The van der Waals surface area contributed by atoms with Crippen LogP contribution in [0.15, 0.2) is 18.3 Å². The highest BCUT2D eigenvalue weighted by Crippen LogP contribution is 2.29. The second kappa shape index (κ2) is 7.14. The van der Waals surface area contributed by atoms with Crippen molar-refractivity contribution < 1.29 is 13.9 Å². The third kappa shape index (κ3) is 3.82. The average molecular weight is 332 g/mol. The molecule has 3 heterocycles. The predicted octanol–water partition coefficient (Wildman–Crippen LogP) is 1.41. The lowest BCUT2D eigenvalue weighted by Crippen LogP contribution is -2.49. The minimum Gasteiger partial charge on any atom is -0.381 e. The van der Waals surface area contributed by atoms with Crippen LogP contribution in [0.1, 0.15) is 25.0 Å². The summed E-state index contributed by atoms with van der Waals surface area (Å²) in [5.41, 5.74) is -0.108. The Balaban J connectivity index is 1.49. The van der Waals surface area contributed by atoms with E-state index in [1.165, 1.54) is 0 Å². The second-order valence-electron chi connectivity index (χ2n) is 6.43. The number of piperidine rings is 1. The molecular formula is C17H21FN4O2. The van der Waals surface area contributed by atoms with Crippen molar-refractivity contribution in [1.82, 2.24) is 10.3 Å². The summed E-state index contributed by atoms with van der Waals surface area (Å²) in [6.07, 6.45) is 3.07. The van der Waals surface area contributed by atoms with Gasteiger partial charge < -0.3 is 15.0 Å². The largest absolute Gasteiger partial charge is 0.381 e. The Morgan fingerprint density at radius 1 is 1.50 bits per heavy atom. The monoisotopic (exact) mass is 332 g/mol. The fourth-order valence-corrected chi connectivity index (χ4v) is 3.11. The van der Waals surface area contributed by atoms with Crippen LogP contribution in [-0.4, -0.2) is 49.4 Å². The molecule has 1 aromatic heterocycles. The Morgan fingerprint density at radius 2 is 2.29 bits per heavy atom. The van der Waals surface area contributed by atoms with Gasteiger partial charge in [-0.3, -0.25) is 4.79 Å². The molecule has 1 aromatic rings. The van der Waals surface area contributed by atoms with Crippen LogP contribution in [-0.2, 0) is 9.53 Å². The first-order valence-electron chi connectivity index (χ1n) is 8.25. The predicted molar refractivity (Wildman–Crippen MR) is 86.2 cm³/mol. The van der Waals surface area contributed by atoms with E-state index in [-0.39, 0.29) is 18.4 Å². The Kier molecular flexibility index (Phi) is 4.95. The number of amides is 1. The van der Waals surface area contributed by atoms with E-state index in [9.17, 15) is 9.18 Å². The van der Waals surface area contributed by atoms with Gasteiger partial charge >= 0.3 is 0 Å². The normalized spacial score (nSPS) is 22.8. The van der Waals surface area contributed by atoms with Gasteiger partial charge in [-0.2, -0.15) is 5.26 Å². The molecule has 0 aliphatic carbocycles. The maximum absolute atomic E-state index is 14.9. The standard InChI is InChI=1S/C17H21FN4O2/c18-17(12-21-16(23)13-3-8-24-11-13)4-6-22(7-5-17)15-2-1-14(9-19)20-10-15/h1-2,10,13H,3-8,11-12H2,(H,21,23). The molecule has 2 aliphatic heterocycles. The number of aromatic nitrogens is 1. The highest BCUT2D eigenvalue weighted by atomic mass is 19.1. The zero-order chi connectivity index (χ0) is 17.0. The van der Waals surface area contributed by atoms with Crippen LogP contribution in [0.5, 0.6) is 0 Å². The van der Waals surface area contributed by atoms with Crippen molar-refractivity contribution >= 4 is 11.6 Å².